The summed E-state index contributed by atoms with van der Waals surface area (Å²) in [5.74, 6) is 0. The number of aryl methyl sites for hydroxylation is 3. The molecule has 0 radical (unpaired) electrons. The third kappa shape index (κ3) is 3.52. The van der Waals surface area contributed by atoms with Gasteiger partial charge in [0.15, 0.2) is 0 Å². The molecule has 2 heterocycles. The largest absolute Gasteiger partial charge is 0.309 e. The highest BCUT2D eigenvalue weighted by Gasteiger charge is 2.22. The van der Waals surface area contributed by atoms with E-state index in [2.05, 4.69) is 52.5 Å². The number of likely N-dealkylation sites (N-methyl/N-ethyl adjacent to an activating group) is 1. The second-order valence-corrected chi connectivity index (χ2v) is 7.18. The van der Waals surface area contributed by atoms with E-state index in [1.165, 1.54) is 10.6 Å². The van der Waals surface area contributed by atoms with Gasteiger partial charge in [0.25, 0.3) is 0 Å². The van der Waals surface area contributed by atoms with Crippen molar-refractivity contribution >= 4 is 38.9 Å². The molecule has 0 fully saturated rings. The number of rotatable bonds is 6. The minimum Gasteiger partial charge on any atom is -0.309 e. The predicted octanol–water partition coefficient (Wildman–Crippen LogP) is 4.66. The van der Waals surface area contributed by atoms with Gasteiger partial charge < -0.3 is 5.32 Å². The minimum atomic E-state index is 0.220. The fourth-order valence-electron chi connectivity index (χ4n) is 2.42. The van der Waals surface area contributed by atoms with Crippen LogP contribution in [-0.2, 0) is 19.9 Å². The summed E-state index contributed by atoms with van der Waals surface area (Å²) in [5.41, 5.74) is 3.47. The Balaban J connectivity index is 2.33. The van der Waals surface area contributed by atoms with Gasteiger partial charge in [0.2, 0.25) is 0 Å². The average Bonchev–Trinajstić information content (AvgIpc) is 2.92. The van der Waals surface area contributed by atoms with E-state index in [0.717, 1.165) is 40.1 Å². The summed E-state index contributed by atoms with van der Waals surface area (Å²) < 4.78 is 3.10. The van der Waals surface area contributed by atoms with E-state index >= 15 is 0 Å². The second kappa shape index (κ2) is 7.27. The van der Waals surface area contributed by atoms with Crippen LogP contribution in [-0.4, -0.2) is 16.3 Å². The number of halogens is 2. The van der Waals surface area contributed by atoms with Crippen LogP contribution in [0.4, 0.5) is 0 Å². The first-order valence-electron chi connectivity index (χ1n) is 7.16. The molecule has 2 aromatic rings. The zero-order chi connectivity index (χ0) is 15.6. The van der Waals surface area contributed by atoms with Crippen LogP contribution in [0.3, 0.4) is 0 Å². The Labute approximate surface area is 143 Å². The van der Waals surface area contributed by atoms with E-state index in [9.17, 15) is 0 Å². The number of nitrogens with zero attached hydrogens (tertiary/aromatic N) is 2. The summed E-state index contributed by atoms with van der Waals surface area (Å²) in [6, 6.07) is 0.220. The molecule has 0 amide bonds. The van der Waals surface area contributed by atoms with E-state index in [0.29, 0.717) is 0 Å². The van der Waals surface area contributed by atoms with E-state index in [4.69, 9.17) is 11.6 Å². The van der Waals surface area contributed by atoms with Crippen LogP contribution in [0.25, 0.3) is 0 Å². The van der Waals surface area contributed by atoms with Gasteiger partial charge in [-0.3, -0.25) is 4.68 Å². The number of aromatic nitrogens is 2. The fourth-order valence-corrected chi connectivity index (χ4v) is 4.60. The van der Waals surface area contributed by atoms with Gasteiger partial charge in [0, 0.05) is 24.4 Å². The maximum absolute atomic E-state index is 6.45. The molecule has 2 rings (SSSR count). The highest BCUT2D eigenvalue weighted by Crippen LogP contribution is 2.35. The lowest BCUT2D eigenvalue weighted by atomic mass is 10.1. The molecule has 1 N–H and O–H groups in total. The highest BCUT2D eigenvalue weighted by molar-refractivity contribution is 9.10. The molecule has 0 aliphatic carbocycles. The van der Waals surface area contributed by atoms with Crippen molar-refractivity contribution in [2.45, 2.75) is 39.7 Å². The van der Waals surface area contributed by atoms with E-state index in [-0.39, 0.29) is 6.04 Å². The molecular weight excluding hydrogens is 370 g/mol. The molecule has 2 aromatic heterocycles. The average molecular weight is 391 g/mol. The number of hydrogen-bond acceptors (Lipinski definition) is 3. The standard InChI is InChI=1S/C15H21BrClN3S/c1-5-10-13(16)12(20(4)19-10)7-11(18-6-2)15-14(17)9(3)8-21-15/h8,11,18H,5-7H2,1-4H3. The Hall–Kier alpha value is -0.360. The molecule has 1 atom stereocenters. The van der Waals surface area contributed by atoms with Crippen molar-refractivity contribution < 1.29 is 0 Å². The zero-order valence-electron chi connectivity index (χ0n) is 12.8. The molecule has 0 aliphatic rings. The predicted molar refractivity (Wildman–Crippen MR) is 94.5 cm³/mol. The van der Waals surface area contributed by atoms with Crippen molar-refractivity contribution in [1.29, 1.82) is 0 Å². The summed E-state index contributed by atoms with van der Waals surface area (Å²) >= 11 is 11.9. The number of hydrogen-bond donors (Lipinski definition) is 1. The molecule has 0 aliphatic heterocycles. The Morgan fingerprint density at radius 1 is 1.48 bits per heavy atom. The van der Waals surface area contributed by atoms with E-state index in [1.54, 1.807) is 11.3 Å². The van der Waals surface area contributed by atoms with Gasteiger partial charge in [0.1, 0.15) is 0 Å². The molecule has 116 valence electrons. The maximum Gasteiger partial charge on any atom is 0.0766 e. The summed E-state index contributed by atoms with van der Waals surface area (Å²) in [4.78, 5) is 1.21. The summed E-state index contributed by atoms with van der Waals surface area (Å²) in [7, 11) is 2.00. The maximum atomic E-state index is 6.45. The van der Waals surface area contributed by atoms with Gasteiger partial charge in [-0.05, 0) is 46.8 Å². The SMILES string of the molecule is CCNC(Cc1c(Br)c(CC)nn1C)c1scc(C)c1Cl. The molecule has 0 spiro atoms. The van der Waals surface area contributed by atoms with Crippen LogP contribution in [0.2, 0.25) is 5.02 Å². The first-order chi connectivity index (χ1) is 9.99. The van der Waals surface area contributed by atoms with E-state index in [1.807, 2.05) is 11.7 Å². The van der Waals surface area contributed by atoms with Crippen LogP contribution in [0.5, 0.6) is 0 Å². The van der Waals surface area contributed by atoms with Crippen molar-refractivity contribution in [3.8, 4) is 0 Å². The Morgan fingerprint density at radius 3 is 2.67 bits per heavy atom. The second-order valence-electron chi connectivity index (χ2n) is 5.10. The van der Waals surface area contributed by atoms with Crippen LogP contribution in [0.15, 0.2) is 9.85 Å². The van der Waals surface area contributed by atoms with Crippen LogP contribution in [0, 0.1) is 6.92 Å². The monoisotopic (exact) mass is 389 g/mol. The Morgan fingerprint density at radius 2 is 2.19 bits per heavy atom. The minimum absolute atomic E-state index is 0.220. The Kier molecular flexibility index (Phi) is 5.88. The number of thiophene rings is 1. The molecular formula is C15H21BrClN3S. The molecule has 0 saturated heterocycles. The lowest BCUT2D eigenvalue weighted by Gasteiger charge is -2.18. The molecule has 0 saturated carbocycles. The van der Waals surface area contributed by atoms with Crippen molar-refractivity contribution in [2.24, 2.45) is 7.05 Å². The lowest BCUT2D eigenvalue weighted by molar-refractivity contribution is 0.535. The normalized spacial score (nSPS) is 12.9. The Bertz CT molecular complexity index is 621. The third-order valence-electron chi connectivity index (χ3n) is 3.59. The smallest absolute Gasteiger partial charge is 0.0766 e. The van der Waals surface area contributed by atoms with Crippen LogP contribution in [0.1, 0.15) is 41.7 Å². The topological polar surface area (TPSA) is 29.9 Å². The van der Waals surface area contributed by atoms with Crippen molar-refractivity contribution in [2.75, 3.05) is 6.54 Å². The van der Waals surface area contributed by atoms with Crippen LogP contribution < -0.4 is 5.32 Å². The molecule has 21 heavy (non-hydrogen) atoms. The highest BCUT2D eigenvalue weighted by atomic mass is 79.9. The molecule has 0 bridgehead atoms. The van der Waals surface area contributed by atoms with Crippen molar-refractivity contribution in [1.82, 2.24) is 15.1 Å². The molecule has 0 aromatic carbocycles. The molecule has 1 unspecified atom stereocenters. The zero-order valence-corrected chi connectivity index (χ0v) is 16.0. The third-order valence-corrected chi connectivity index (χ3v) is 6.34. The summed E-state index contributed by atoms with van der Waals surface area (Å²) in [5, 5.41) is 11.1. The lowest BCUT2D eigenvalue weighted by Crippen LogP contribution is -2.23. The first kappa shape index (κ1) is 17.0. The van der Waals surface area contributed by atoms with Gasteiger partial charge in [-0.25, -0.2) is 0 Å². The van der Waals surface area contributed by atoms with Gasteiger partial charge in [-0.2, -0.15) is 5.10 Å². The molecule has 6 heteroatoms. The van der Waals surface area contributed by atoms with E-state index < -0.39 is 0 Å². The van der Waals surface area contributed by atoms with Crippen molar-refractivity contribution in [3.63, 3.8) is 0 Å². The van der Waals surface area contributed by atoms with Gasteiger partial charge in [-0.15, -0.1) is 11.3 Å². The number of nitrogens with one attached hydrogen (secondary N) is 1. The van der Waals surface area contributed by atoms with Gasteiger partial charge in [0.05, 0.1) is 20.9 Å². The van der Waals surface area contributed by atoms with Crippen molar-refractivity contribution in [3.05, 3.63) is 36.7 Å². The first-order valence-corrected chi connectivity index (χ1v) is 9.21. The van der Waals surface area contributed by atoms with Gasteiger partial charge in [-0.1, -0.05) is 25.4 Å². The van der Waals surface area contributed by atoms with Crippen LogP contribution >= 0.6 is 38.9 Å². The fraction of sp³-hybridized carbons (Fsp3) is 0.533. The summed E-state index contributed by atoms with van der Waals surface area (Å²) in [6.45, 7) is 7.21. The quantitative estimate of drug-likeness (QED) is 0.777. The van der Waals surface area contributed by atoms with Gasteiger partial charge >= 0.3 is 0 Å². The summed E-state index contributed by atoms with van der Waals surface area (Å²) in [6.07, 6.45) is 1.80. The molecule has 3 nitrogen and oxygen atoms in total.